The molecule has 0 radical (unpaired) electrons. The summed E-state index contributed by atoms with van der Waals surface area (Å²) in [7, 11) is 0. The molecule has 4 heteroatoms. The highest BCUT2D eigenvalue weighted by molar-refractivity contribution is 7.09. The average molecular weight is 195 g/mol. The van der Waals surface area contributed by atoms with Crippen LogP contribution in [-0.2, 0) is 6.54 Å². The summed E-state index contributed by atoms with van der Waals surface area (Å²) in [6.45, 7) is 4.79. The van der Waals surface area contributed by atoms with Crippen molar-refractivity contribution < 1.29 is 0 Å². The van der Waals surface area contributed by atoms with Crippen LogP contribution in [0.4, 0.5) is 0 Å². The van der Waals surface area contributed by atoms with Gasteiger partial charge in [0, 0.05) is 24.5 Å². The first-order valence-corrected chi connectivity index (χ1v) is 5.22. The highest BCUT2D eigenvalue weighted by atomic mass is 32.1. The van der Waals surface area contributed by atoms with E-state index in [1.54, 1.807) is 11.3 Å². The van der Waals surface area contributed by atoms with Crippen molar-refractivity contribution in [3.8, 4) is 6.07 Å². The van der Waals surface area contributed by atoms with Crippen LogP contribution in [0.5, 0.6) is 0 Å². The molecule has 0 saturated heterocycles. The van der Waals surface area contributed by atoms with Gasteiger partial charge in [-0.15, -0.1) is 11.3 Å². The van der Waals surface area contributed by atoms with Gasteiger partial charge in [0.25, 0.3) is 0 Å². The van der Waals surface area contributed by atoms with E-state index in [-0.39, 0.29) is 0 Å². The molecule has 0 unspecified atom stereocenters. The molecule has 0 fully saturated rings. The molecule has 1 aromatic rings. The van der Waals surface area contributed by atoms with Crippen molar-refractivity contribution in [1.29, 1.82) is 5.26 Å². The zero-order chi connectivity index (χ0) is 9.52. The van der Waals surface area contributed by atoms with Gasteiger partial charge in [-0.3, -0.25) is 4.90 Å². The maximum atomic E-state index is 8.45. The van der Waals surface area contributed by atoms with E-state index >= 15 is 0 Å². The Morgan fingerprint density at radius 2 is 2.54 bits per heavy atom. The van der Waals surface area contributed by atoms with Gasteiger partial charge < -0.3 is 0 Å². The molecule has 0 atom stereocenters. The number of thiazole rings is 1. The molecule has 0 amide bonds. The van der Waals surface area contributed by atoms with Gasteiger partial charge in [0.1, 0.15) is 5.01 Å². The summed E-state index contributed by atoms with van der Waals surface area (Å²) in [4.78, 5) is 6.43. The standard InChI is InChI=1S/C9H13N3S/c1-2-12(6-3-4-10)8-9-11-5-7-13-9/h5,7H,2-3,6,8H2,1H3. The Bertz CT molecular complexity index is 263. The second-order valence-electron chi connectivity index (χ2n) is 2.70. The van der Waals surface area contributed by atoms with Crippen molar-refractivity contribution in [3.63, 3.8) is 0 Å². The molecule has 3 nitrogen and oxygen atoms in total. The molecule has 0 aliphatic carbocycles. The molecule has 1 rings (SSSR count). The van der Waals surface area contributed by atoms with Gasteiger partial charge in [0.2, 0.25) is 0 Å². The lowest BCUT2D eigenvalue weighted by atomic mass is 10.4. The summed E-state index contributed by atoms with van der Waals surface area (Å²) in [5.74, 6) is 0. The van der Waals surface area contributed by atoms with Crippen LogP contribution in [0, 0.1) is 11.3 Å². The summed E-state index contributed by atoms with van der Waals surface area (Å²) in [6.07, 6.45) is 2.41. The number of rotatable bonds is 5. The molecular weight excluding hydrogens is 182 g/mol. The number of nitriles is 1. The van der Waals surface area contributed by atoms with Crippen molar-refractivity contribution >= 4 is 11.3 Å². The maximum absolute atomic E-state index is 8.45. The molecule has 0 bridgehead atoms. The Balaban J connectivity index is 2.36. The van der Waals surface area contributed by atoms with Gasteiger partial charge >= 0.3 is 0 Å². The summed E-state index contributed by atoms with van der Waals surface area (Å²) in [6, 6.07) is 2.15. The van der Waals surface area contributed by atoms with Gasteiger partial charge in [0.05, 0.1) is 12.6 Å². The molecule has 0 saturated carbocycles. The van der Waals surface area contributed by atoms with Crippen LogP contribution in [0.25, 0.3) is 0 Å². The molecule has 0 N–H and O–H groups in total. The van der Waals surface area contributed by atoms with E-state index in [0.29, 0.717) is 6.42 Å². The first-order valence-electron chi connectivity index (χ1n) is 4.34. The second kappa shape index (κ2) is 5.68. The van der Waals surface area contributed by atoms with Crippen LogP contribution in [0.2, 0.25) is 0 Å². The van der Waals surface area contributed by atoms with E-state index in [1.165, 1.54) is 0 Å². The van der Waals surface area contributed by atoms with Crippen LogP contribution in [0.1, 0.15) is 18.4 Å². The predicted molar refractivity (Wildman–Crippen MR) is 53.3 cm³/mol. The van der Waals surface area contributed by atoms with Crippen LogP contribution < -0.4 is 0 Å². The Labute approximate surface area is 82.6 Å². The third-order valence-electron chi connectivity index (χ3n) is 1.83. The van der Waals surface area contributed by atoms with Gasteiger partial charge in [-0.25, -0.2) is 4.98 Å². The fourth-order valence-electron chi connectivity index (χ4n) is 1.08. The zero-order valence-corrected chi connectivity index (χ0v) is 8.55. The Hall–Kier alpha value is -0.920. The van der Waals surface area contributed by atoms with Crippen molar-refractivity contribution in [3.05, 3.63) is 16.6 Å². The fourth-order valence-corrected chi connectivity index (χ4v) is 1.74. The number of aromatic nitrogens is 1. The lowest BCUT2D eigenvalue weighted by Crippen LogP contribution is -2.23. The highest BCUT2D eigenvalue weighted by Gasteiger charge is 2.04. The van der Waals surface area contributed by atoms with E-state index < -0.39 is 0 Å². The van der Waals surface area contributed by atoms with E-state index in [1.807, 2.05) is 11.6 Å². The summed E-state index contributed by atoms with van der Waals surface area (Å²) in [5, 5.41) is 11.6. The molecular formula is C9H13N3S. The Morgan fingerprint density at radius 3 is 3.08 bits per heavy atom. The molecule has 13 heavy (non-hydrogen) atoms. The van der Waals surface area contributed by atoms with Crippen molar-refractivity contribution in [2.45, 2.75) is 19.9 Å². The molecule has 1 heterocycles. The van der Waals surface area contributed by atoms with Crippen LogP contribution in [0.15, 0.2) is 11.6 Å². The molecule has 70 valence electrons. The summed E-state index contributed by atoms with van der Waals surface area (Å²) >= 11 is 1.66. The first-order chi connectivity index (χ1) is 6.36. The largest absolute Gasteiger partial charge is 0.296 e. The van der Waals surface area contributed by atoms with E-state index in [2.05, 4.69) is 22.9 Å². The van der Waals surface area contributed by atoms with Crippen LogP contribution >= 0.6 is 11.3 Å². The zero-order valence-electron chi connectivity index (χ0n) is 7.73. The van der Waals surface area contributed by atoms with Gasteiger partial charge in [-0.1, -0.05) is 6.92 Å². The van der Waals surface area contributed by atoms with E-state index in [4.69, 9.17) is 5.26 Å². The number of hydrogen-bond donors (Lipinski definition) is 0. The third-order valence-corrected chi connectivity index (χ3v) is 2.59. The number of nitrogens with zero attached hydrogens (tertiary/aromatic N) is 3. The van der Waals surface area contributed by atoms with Crippen molar-refractivity contribution in [2.75, 3.05) is 13.1 Å². The van der Waals surface area contributed by atoms with Crippen LogP contribution in [-0.4, -0.2) is 23.0 Å². The van der Waals surface area contributed by atoms with Gasteiger partial charge in [0.15, 0.2) is 0 Å². The fraction of sp³-hybridized carbons (Fsp3) is 0.556. The first kappa shape index (κ1) is 10.2. The summed E-state index contributed by atoms with van der Waals surface area (Å²) in [5.41, 5.74) is 0. The highest BCUT2D eigenvalue weighted by Crippen LogP contribution is 2.07. The monoisotopic (exact) mass is 195 g/mol. The topological polar surface area (TPSA) is 39.9 Å². The average Bonchev–Trinajstić information content (AvgIpc) is 2.64. The van der Waals surface area contributed by atoms with Gasteiger partial charge in [-0.05, 0) is 6.54 Å². The molecule has 0 spiro atoms. The lowest BCUT2D eigenvalue weighted by Gasteiger charge is -2.16. The van der Waals surface area contributed by atoms with E-state index in [0.717, 1.165) is 24.6 Å². The summed E-state index contributed by atoms with van der Waals surface area (Å²) < 4.78 is 0. The third kappa shape index (κ3) is 3.53. The second-order valence-corrected chi connectivity index (χ2v) is 3.68. The maximum Gasteiger partial charge on any atom is 0.107 e. The molecule has 0 aromatic carbocycles. The predicted octanol–water partition coefficient (Wildman–Crippen LogP) is 1.88. The quantitative estimate of drug-likeness (QED) is 0.720. The minimum Gasteiger partial charge on any atom is -0.296 e. The van der Waals surface area contributed by atoms with Gasteiger partial charge in [-0.2, -0.15) is 5.26 Å². The molecule has 1 aromatic heterocycles. The Kier molecular flexibility index (Phi) is 4.44. The minimum absolute atomic E-state index is 0.596. The van der Waals surface area contributed by atoms with E-state index in [9.17, 15) is 0 Å². The smallest absolute Gasteiger partial charge is 0.107 e. The van der Waals surface area contributed by atoms with Crippen molar-refractivity contribution in [1.82, 2.24) is 9.88 Å². The lowest BCUT2D eigenvalue weighted by molar-refractivity contribution is 0.286. The SMILES string of the molecule is CCN(CCC#N)Cc1nccs1. The minimum atomic E-state index is 0.596. The van der Waals surface area contributed by atoms with Crippen molar-refractivity contribution in [2.24, 2.45) is 0 Å². The molecule has 0 aliphatic heterocycles. The Morgan fingerprint density at radius 1 is 1.69 bits per heavy atom. The van der Waals surface area contributed by atoms with Crippen LogP contribution in [0.3, 0.4) is 0 Å². The normalized spacial score (nSPS) is 10.2. The number of hydrogen-bond acceptors (Lipinski definition) is 4. The molecule has 0 aliphatic rings.